The molecule has 8 heteroatoms. The van der Waals surface area contributed by atoms with Crippen molar-refractivity contribution in [2.75, 3.05) is 26.5 Å². The lowest BCUT2D eigenvalue weighted by molar-refractivity contribution is -0.129. The molecule has 1 amide bonds. The number of aryl methyl sites for hydroxylation is 3. The van der Waals surface area contributed by atoms with Crippen LogP contribution in [0.5, 0.6) is 11.5 Å². The Morgan fingerprint density at radius 1 is 1.23 bits per heavy atom. The Hall–Kier alpha value is -2.32. The van der Waals surface area contributed by atoms with Gasteiger partial charge < -0.3 is 14.4 Å². The molecule has 1 saturated heterocycles. The summed E-state index contributed by atoms with van der Waals surface area (Å²) in [5.41, 5.74) is 2.21. The molecule has 3 heterocycles. The van der Waals surface area contributed by atoms with Crippen LogP contribution in [-0.2, 0) is 4.79 Å². The molecule has 6 nitrogen and oxygen atoms in total. The van der Waals surface area contributed by atoms with Gasteiger partial charge in [0.2, 0.25) is 5.91 Å². The van der Waals surface area contributed by atoms with Crippen LogP contribution in [0.25, 0.3) is 10.2 Å². The molecule has 2 aromatic heterocycles. The summed E-state index contributed by atoms with van der Waals surface area (Å²) in [4.78, 5) is 26.7. The molecule has 0 saturated carbocycles. The van der Waals surface area contributed by atoms with E-state index in [2.05, 4.69) is 23.8 Å². The number of carbonyl (C=O) groups excluding carboxylic acids is 1. The molecule has 0 bridgehead atoms. The van der Waals surface area contributed by atoms with E-state index in [-0.39, 0.29) is 11.9 Å². The Morgan fingerprint density at radius 3 is 2.77 bits per heavy atom. The first-order chi connectivity index (χ1) is 14.9. The number of methoxy groups -OCH3 is 2. The smallest absolute Gasteiger partial charge is 0.233 e. The van der Waals surface area contributed by atoms with Crippen LogP contribution >= 0.6 is 23.1 Å². The highest BCUT2D eigenvalue weighted by Crippen LogP contribution is 2.40. The summed E-state index contributed by atoms with van der Waals surface area (Å²) >= 11 is 3.20. The number of carbonyl (C=O) groups is 1. The standard InChI is InChI=1S/C23H27N3O3S2/c1-13-14(2)31-23-21(13)22(24-15(3)25-23)30-12-20(27)26-10-6-7-18(26)17-11-16(28-4)8-9-19(17)29-5/h8-9,11,18H,6-7,10,12H2,1-5H3/t18-/m1/s1. The summed E-state index contributed by atoms with van der Waals surface area (Å²) in [6.07, 6.45) is 1.89. The monoisotopic (exact) mass is 457 g/mol. The highest BCUT2D eigenvalue weighted by Gasteiger charge is 2.32. The SMILES string of the molecule is COc1ccc(OC)c([C@H]2CCCN2C(=O)CSc2nc(C)nc3sc(C)c(C)c23)c1. The fraction of sp³-hybridized carbons (Fsp3) is 0.435. The zero-order valence-corrected chi connectivity index (χ0v) is 20.2. The predicted octanol–water partition coefficient (Wildman–Crippen LogP) is 5.09. The van der Waals surface area contributed by atoms with Gasteiger partial charge in [0.25, 0.3) is 0 Å². The first-order valence-electron chi connectivity index (χ1n) is 10.3. The molecule has 1 atom stereocenters. The number of thioether (sulfide) groups is 1. The predicted molar refractivity (Wildman–Crippen MR) is 126 cm³/mol. The summed E-state index contributed by atoms with van der Waals surface area (Å²) in [7, 11) is 3.31. The number of ether oxygens (including phenoxy) is 2. The number of nitrogens with zero attached hydrogens (tertiary/aromatic N) is 3. The average molecular weight is 458 g/mol. The number of likely N-dealkylation sites (tertiary alicyclic amines) is 1. The van der Waals surface area contributed by atoms with Crippen molar-refractivity contribution < 1.29 is 14.3 Å². The summed E-state index contributed by atoms with van der Waals surface area (Å²) in [6.45, 7) is 6.86. The van der Waals surface area contributed by atoms with Gasteiger partial charge in [0.05, 0.1) is 26.0 Å². The third-order valence-electron chi connectivity index (χ3n) is 5.81. The molecule has 1 fully saturated rings. The van der Waals surface area contributed by atoms with Crippen molar-refractivity contribution in [2.45, 2.75) is 44.7 Å². The topological polar surface area (TPSA) is 64.6 Å². The van der Waals surface area contributed by atoms with Crippen LogP contribution in [0.2, 0.25) is 0 Å². The molecular formula is C23H27N3O3S2. The van der Waals surface area contributed by atoms with Gasteiger partial charge in [-0.2, -0.15) is 0 Å². The van der Waals surface area contributed by atoms with E-state index in [1.165, 1.54) is 22.2 Å². The van der Waals surface area contributed by atoms with Crippen molar-refractivity contribution in [3.8, 4) is 11.5 Å². The summed E-state index contributed by atoms with van der Waals surface area (Å²) in [6, 6.07) is 5.77. The fourth-order valence-corrected chi connectivity index (χ4v) is 6.28. The van der Waals surface area contributed by atoms with Gasteiger partial charge >= 0.3 is 0 Å². The molecule has 0 N–H and O–H groups in total. The second kappa shape index (κ2) is 9.04. The van der Waals surface area contributed by atoms with Crippen molar-refractivity contribution >= 4 is 39.2 Å². The number of fused-ring (bicyclic) bond motifs is 1. The zero-order chi connectivity index (χ0) is 22.1. The van der Waals surface area contributed by atoms with E-state index < -0.39 is 0 Å². The van der Waals surface area contributed by atoms with Crippen LogP contribution in [0, 0.1) is 20.8 Å². The Kier molecular flexibility index (Phi) is 6.39. The van der Waals surface area contributed by atoms with Crippen molar-refractivity contribution in [3.05, 3.63) is 40.0 Å². The fourth-order valence-electron chi connectivity index (χ4n) is 4.12. The minimum absolute atomic E-state index is 0.00423. The number of hydrogen-bond acceptors (Lipinski definition) is 7. The number of amides is 1. The van der Waals surface area contributed by atoms with Gasteiger partial charge in [-0.05, 0) is 57.4 Å². The number of rotatable bonds is 6. The van der Waals surface area contributed by atoms with E-state index in [1.54, 1.807) is 25.6 Å². The maximum absolute atomic E-state index is 13.3. The van der Waals surface area contributed by atoms with Gasteiger partial charge in [-0.25, -0.2) is 9.97 Å². The minimum Gasteiger partial charge on any atom is -0.497 e. The minimum atomic E-state index is -0.00423. The molecule has 1 aliphatic rings. The van der Waals surface area contributed by atoms with Crippen LogP contribution < -0.4 is 9.47 Å². The van der Waals surface area contributed by atoms with Crippen molar-refractivity contribution in [1.29, 1.82) is 0 Å². The lowest BCUT2D eigenvalue weighted by Gasteiger charge is -2.26. The summed E-state index contributed by atoms with van der Waals surface area (Å²) in [5, 5.41) is 1.98. The van der Waals surface area contributed by atoms with E-state index in [0.717, 1.165) is 57.5 Å². The molecule has 1 aliphatic heterocycles. The van der Waals surface area contributed by atoms with E-state index in [4.69, 9.17) is 9.47 Å². The molecule has 0 spiro atoms. The quantitative estimate of drug-likeness (QED) is 0.379. The highest BCUT2D eigenvalue weighted by molar-refractivity contribution is 8.00. The lowest BCUT2D eigenvalue weighted by atomic mass is 10.0. The van der Waals surface area contributed by atoms with Crippen LogP contribution in [0.15, 0.2) is 23.2 Å². The maximum Gasteiger partial charge on any atom is 0.233 e. The van der Waals surface area contributed by atoms with Crippen LogP contribution in [0.1, 0.15) is 40.7 Å². The summed E-state index contributed by atoms with van der Waals surface area (Å²) in [5.74, 6) is 2.76. The first-order valence-corrected chi connectivity index (χ1v) is 12.1. The van der Waals surface area contributed by atoms with Gasteiger partial charge in [0.15, 0.2) is 0 Å². The van der Waals surface area contributed by atoms with E-state index in [0.29, 0.717) is 5.75 Å². The first kappa shape index (κ1) is 21.9. The van der Waals surface area contributed by atoms with Gasteiger partial charge in [-0.1, -0.05) is 11.8 Å². The second-order valence-electron chi connectivity index (χ2n) is 7.68. The van der Waals surface area contributed by atoms with E-state index in [1.807, 2.05) is 30.0 Å². The van der Waals surface area contributed by atoms with Crippen molar-refractivity contribution in [3.63, 3.8) is 0 Å². The molecule has 164 valence electrons. The number of hydrogen-bond donors (Lipinski definition) is 0. The third kappa shape index (κ3) is 4.23. The van der Waals surface area contributed by atoms with E-state index in [9.17, 15) is 4.79 Å². The molecular weight excluding hydrogens is 430 g/mol. The molecule has 1 aromatic carbocycles. The molecule has 31 heavy (non-hydrogen) atoms. The molecule has 0 unspecified atom stereocenters. The third-order valence-corrected chi connectivity index (χ3v) is 7.87. The van der Waals surface area contributed by atoms with Gasteiger partial charge in [0.1, 0.15) is 27.2 Å². The second-order valence-corrected chi connectivity index (χ2v) is 9.85. The Bertz CT molecular complexity index is 1130. The van der Waals surface area contributed by atoms with Crippen LogP contribution in [0.4, 0.5) is 0 Å². The van der Waals surface area contributed by atoms with Crippen molar-refractivity contribution in [2.24, 2.45) is 0 Å². The lowest BCUT2D eigenvalue weighted by Crippen LogP contribution is -2.32. The zero-order valence-electron chi connectivity index (χ0n) is 18.5. The molecule has 3 aromatic rings. The van der Waals surface area contributed by atoms with Gasteiger partial charge in [-0.3, -0.25) is 4.79 Å². The van der Waals surface area contributed by atoms with Crippen LogP contribution in [0.3, 0.4) is 0 Å². The molecule has 4 rings (SSSR count). The Morgan fingerprint density at radius 2 is 2.03 bits per heavy atom. The normalized spacial score (nSPS) is 16.2. The van der Waals surface area contributed by atoms with Gasteiger partial charge in [-0.15, -0.1) is 11.3 Å². The number of aromatic nitrogens is 2. The van der Waals surface area contributed by atoms with Crippen molar-refractivity contribution in [1.82, 2.24) is 14.9 Å². The number of benzene rings is 1. The average Bonchev–Trinajstić information content (AvgIpc) is 3.36. The molecule has 0 radical (unpaired) electrons. The van der Waals surface area contributed by atoms with E-state index >= 15 is 0 Å². The molecule has 0 aliphatic carbocycles. The summed E-state index contributed by atoms with van der Waals surface area (Å²) < 4.78 is 11.0. The Balaban J connectivity index is 1.56. The van der Waals surface area contributed by atoms with Crippen LogP contribution in [-0.4, -0.2) is 47.3 Å². The largest absolute Gasteiger partial charge is 0.497 e. The van der Waals surface area contributed by atoms with Gasteiger partial charge in [0, 0.05) is 22.4 Å². The number of thiophene rings is 1. The highest BCUT2D eigenvalue weighted by atomic mass is 32.2. The maximum atomic E-state index is 13.3. The Labute approximate surface area is 191 Å².